The normalized spacial score (nSPS) is 47.5. The molecule has 2 nitrogen and oxygen atoms in total. The molecule has 0 bridgehead atoms. The predicted octanol–water partition coefficient (Wildman–Crippen LogP) is 1.55. The molecule has 12 heavy (non-hydrogen) atoms. The highest BCUT2D eigenvalue weighted by Gasteiger charge is 2.46. The van der Waals surface area contributed by atoms with Crippen molar-refractivity contribution in [3.8, 4) is 0 Å². The molecular weight excluding hydrogens is 150 g/mol. The lowest BCUT2D eigenvalue weighted by Crippen LogP contribution is -2.65. The smallest absolute Gasteiger partial charge is 0.0734 e. The second-order valence-electron chi connectivity index (χ2n) is 4.42. The van der Waals surface area contributed by atoms with Crippen molar-refractivity contribution < 1.29 is 4.74 Å². The summed E-state index contributed by atoms with van der Waals surface area (Å²) < 4.78 is 5.69. The quantitative estimate of drug-likeness (QED) is 0.677. The standard InChI is InChI=1S/C10H19NO/c1-3-10(2)7-11-9(10)8-5-4-6-12-8/h8-9,11H,3-7H2,1-2H3. The summed E-state index contributed by atoms with van der Waals surface area (Å²) in [6.07, 6.45) is 4.28. The van der Waals surface area contributed by atoms with Crippen LogP contribution in [0.3, 0.4) is 0 Å². The van der Waals surface area contributed by atoms with Crippen LogP contribution in [0.4, 0.5) is 0 Å². The van der Waals surface area contributed by atoms with Gasteiger partial charge in [0.05, 0.1) is 6.10 Å². The van der Waals surface area contributed by atoms with Gasteiger partial charge in [-0.15, -0.1) is 0 Å². The second-order valence-corrected chi connectivity index (χ2v) is 4.42. The summed E-state index contributed by atoms with van der Waals surface area (Å²) in [5.74, 6) is 0. The SMILES string of the molecule is CCC1(C)CNC1C1CCCO1. The predicted molar refractivity (Wildman–Crippen MR) is 49.2 cm³/mol. The van der Waals surface area contributed by atoms with Crippen molar-refractivity contribution in [2.24, 2.45) is 5.41 Å². The second kappa shape index (κ2) is 3.00. The van der Waals surface area contributed by atoms with E-state index in [1.54, 1.807) is 0 Å². The van der Waals surface area contributed by atoms with E-state index in [2.05, 4.69) is 19.2 Å². The molecule has 0 aromatic rings. The van der Waals surface area contributed by atoms with E-state index in [0.717, 1.165) is 6.61 Å². The van der Waals surface area contributed by atoms with Crippen LogP contribution >= 0.6 is 0 Å². The van der Waals surface area contributed by atoms with Gasteiger partial charge in [0.15, 0.2) is 0 Å². The van der Waals surface area contributed by atoms with Gasteiger partial charge in [0, 0.05) is 19.2 Å². The van der Waals surface area contributed by atoms with E-state index in [1.807, 2.05) is 0 Å². The van der Waals surface area contributed by atoms with Gasteiger partial charge in [0.2, 0.25) is 0 Å². The third-order valence-electron chi connectivity index (χ3n) is 3.62. The molecule has 0 aromatic carbocycles. The molecule has 3 unspecified atom stereocenters. The third-order valence-corrected chi connectivity index (χ3v) is 3.62. The Morgan fingerprint density at radius 3 is 2.83 bits per heavy atom. The average Bonchev–Trinajstić information content (AvgIpc) is 2.54. The first-order chi connectivity index (χ1) is 5.76. The molecule has 2 heterocycles. The highest BCUT2D eigenvalue weighted by Crippen LogP contribution is 2.37. The zero-order valence-corrected chi connectivity index (χ0v) is 8.10. The Labute approximate surface area is 74.7 Å². The molecule has 2 fully saturated rings. The van der Waals surface area contributed by atoms with Crippen LogP contribution in [-0.2, 0) is 4.74 Å². The molecule has 2 aliphatic heterocycles. The Balaban J connectivity index is 1.95. The van der Waals surface area contributed by atoms with Gasteiger partial charge in [-0.3, -0.25) is 0 Å². The van der Waals surface area contributed by atoms with Crippen LogP contribution in [0.2, 0.25) is 0 Å². The van der Waals surface area contributed by atoms with Crippen LogP contribution in [0.5, 0.6) is 0 Å². The van der Waals surface area contributed by atoms with Crippen LogP contribution < -0.4 is 5.32 Å². The van der Waals surface area contributed by atoms with Crippen LogP contribution in [-0.4, -0.2) is 25.3 Å². The average molecular weight is 169 g/mol. The minimum Gasteiger partial charge on any atom is -0.377 e. The van der Waals surface area contributed by atoms with Crippen molar-refractivity contribution in [1.29, 1.82) is 0 Å². The largest absolute Gasteiger partial charge is 0.377 e. The molecule has 0 aliphatic carbocycles. The van der Waals surface area contributed by atoms with E-state index in [4.69, 9.17) is 4.74 Å². The van der Waals surface area contributed by atoms with Crippen molar-refractivity contribution in [3.05, 3.63) is 0 Å². The van der Waals surface area contributed by atoms with E-state index in [1.165, 1.54) is 25.8 Å². The lowest BCUT2D eigenvalue weighted by atomic mass is 9.70. The van der Waals surface area contributed by atoms with Gasteiger partial charge in [-0.05, 0) is 24.7 Å². The third kappa shape index (κ3) is 1.17. The molecule has 2 aliphatic rings. The Bertz CT molecular complexity index is 161. The van der Waals surface area contributed by atoms with Crippen molar-refractivity contribution in [2.75, 3.05) is 13.2 Å². The summed E-state index contributed by atoms with van der Waals surface area (Å²) in [5.41, 5.74) is 0.509. The van der Waals surface area contributed by atoms with Gasteiger partial charge < -0.3 is 10.1 Å². The highest BCUT2D eigenvalue weighted by atomic mass is 16.5. The monoisotopic (exact) mass is 169 g/mol. The lowest BCUT2D eigenvalue weighted by Gasteiger charge is -2.50. The minimum absolute atomic E-state index is 0.503. The maximum absolute atomic E-state index is 5.69. The van der Waals surface area contributed by atoms with Crippen molar-refractivity contribution >= 4 is 0 Å². The fourth-order valence-corrected chi connectivity index (χ4v) is 2.36. The molecule has 1 N–H and O–H groups in total. The molecule has 3 atom stereocenters. The summed E-state index contributed by atoms with van der Waals surface area (Å²) in [6, 6.07) is 0.630. The topological polar surface area (TPSA) is 21.3 Å². The summed E-state index contributed by atoms with van der Waals surface area (Å²) in [7, 11) is 0. The molecule has 2 rings (SSSR count). The first kappa shape index (κ1) is 8.52. The molecule has 0 saturated carbocycles. The Morgan fingerprint density at radius 1 is 1.58 bits per heavy atom. The summed E-state index contributed by atoms with van der Waals surface area (Å²) >= 11 is 0. The Kier molecular flexibility index (Phi) is 2.13. The van der Waals surface area contributed by atoms with E-state index >= 15 is 0 Å². The van der Waals surface area contributed by atoms with E-state index in [0.29, 0.717) is 17.6 Å². The zero-order chi connectivity index (χ0) is 8.60. The molecule has 0 aromatic heterocycles. The van der Waals surface area contributed by atoms with Crippen LogP contribution in [0.25, 0.3) is 0 Å². The van der Waals surface area contributed by atoms with E-state index in [-0.39, 0.29) is 0 Å². The van der Waals surface area contributed by atoms with Gasteiger partial charge in [0.1, 0.15) is 0 Å². The maximum atomic E-state index is 5.69. The van der Waals surface area contributed by atoms with Crippen LogP contribution in [0, 0.1) is 5.41 Å². The molecule has 70 valence electrons. The first-order valence-electron chi connectivity index (χ1n) is 5.11. The molecule has 2 heteroatoms. The Morgan fingerprint density at radius 2 is 2.42 bits per heavy atom. The molecular formula is C10H19NO. The van der Waals surface area contributed by atoms with Crippen LogP contribution in [0.1, 0.15) is 33.1 Å². The zero-order valence-electron chi connectivity index (χ0n) is 8.10. The molecule has 0 radical (unpaired) electrons. The molecule has 0 amide bonds. The Hall–Kier alpha value is -0.0800. The fourth-order valence-electron chi connectivity index (χ4n) is 2.36. The van der Waals surface area contributed by atoms with Gasteiger partial charge in [-0.1, -0.05) is 13.8 Å². The maximum Gasteiger partial charge on any atom is 0.0734 e. The number of hydrogen-bond donors (Lipinski definition) is 1. The number of hydrogen-bond acceptors (Lipinski definition) is 2. The number of nitrogens with one attached hydrogen (secondary N) is 1. The van der Waals surface area contributed by atoms with Gasteiger partial charge >= 0.3 is 0 Å². The summed E-state index contributed by atoms with van der Waals surface area (Å²) in [6.45, 7) is 6.80. The molecule has 2 saturated heterocycles. The van der Waals surface area contributed by atoms with Crippen molar-refractivity contribution in [1.82, 2.24) is 5.32 Å². The molecule has 0 spiro atoms. The van der Waals surface area contributed by atoms with Gasteiger partial charge in [-0.25, -0.2) is 0 Å². The van der Waals surface area contributed by atoms with E-state index in [9.17, 15) is 0 Å². The van der Waals surface area contributed by atoms with Crippen LogP contribution in [0.15, 0.2) is 0 Å². The van der Waals surface area contributed by atoms with E-state index < -0.39 is 0 Å². The summed E-state index contributed by atoms with van der Waals surface area (Å²) in [5, 5.41) is 3.50. The minimum atomic E-state index is 0.503. The fraction of sp³-hybridized carbons (Fsp3) is 1.00. The van der Waals surface area contributed by atoms with Gasteiger partial charge in [-0.2, -0.15) is 0 Å². The number of rotatable bonds is 2. The van der Waals surface area contributed by atoms with Crippen molar-refractivity contribution in [3.63, 3.8) is 0 Å². The summed E-state index contributed by atoms with van der Waals surface area (Å²) in [4.78, 5) is 0. The van der Waals surface area contributed by atoms with Gasteiger partial charge in [0.25, 0.3) is 0 Å². The highest BCUT2D eigenvalue weighted by molar-refractivity contribution is 5.02. The first-order valence-corrected chi connectivity index (χ1v) is 5.11. The van der Waals surface area contributed by atoms with Crippen molar-refractivity contribution in [2.45, 2.75) is 45.3 Å². The number of ether oxygens (including phenoxy) is 1. The lowest BCUT2D eigenvalue weighted by molar-refractivity contribution is -0.0230.